The number of hydrogen-bond donors (Lipinski definition) is 0. The van der Waals surface area contributed by atoms with Gasteiger partial charge in [-0.2, -0.15) is 0 Å². The van der Waals surface area contributed by atoms with E-state index in [1.54, 1.807) is 18.2 Å². The fourth-order valence-corrected chi connectivity index (χ4v) is 3.39. The quantitative estimate of drug-likeness (QED) is 0.346. The van der Waals surface area contributed by atoms with Gasteiger partial charge < -0.3 is 4.74 Å². The van der Waals surface area contributed by atoms with Crippen molar-refractivity contribution in [3.05, 3.63) is 70.7 Å². The summed E-state index contributed by atoms with van der Waals surface area (Å²) in [6.07, 6.45) is 4.96. The number of aryl methyl sites for hydroxylation is 1. The number of ether oxygens (including phenoxy) is 1. The zero-order valence-corrected chi connectivity index (χ0v) is 15.3. The number of thiazole rings is 1. The van der Waals surface area contributed by atoms with Crippen LogP contribution in [0.2, 0.25) is 0 Å². The van der Waals surface area contributed by atoms with E-state index in [2.05, 4.69) is 11.9 Å². The Morgan fingerprint density at radius 2 is 1.88 bits per heavy atom. The molecule has 1 heterocycles. The SMILES string of the molecule is CCCc1ccc(C(=O)COC(=O)/C=C/c2nc3ccccc3s2)cc1. The molecule has 132 valence electrons. The van der Waals surface area contributed by atoms with Gasteiger partial charge in [0.15, 0.2) is 12.4 Å². The normalized spacial score (nSPS) is 11.1. The zero-order chi connectivity index (χ0) is 18.4. The van der Waals surface area contributed by atoms with Crippen molar-refractivity contribution in [2.45, 2.75) is 19.8 Å². The maximum atomic E-state index is 12.1. The Morgan fingerprint density at radius 3 is 2.62 bits per heavy atom. The van der Waals surface area contributed by atoms with Crippen molar-refractivity contribution in [1.82, 2.24) is 4.98 Å². The molecule has 0 saturated heterocycles. The van der Waals surface area contributed by atoms with E-state index in [9.17, 15) is 9.59 Å². The second-order valence-electron chi connectivity index (χ2n) is 5.83. The van der Waals surface area contributed by atoms with Crippen LogP contribution in [-0.4, -0.2) is 23.3 Å². The van der Waals surface area contributed by atoms with E-state index in [1.807, 2.05) is 36.4 Å². The number of hydrogen-bond acceptors (Lipinski definition) is 5. The average molecular weight is 365 g/mol. The highest BCUT2D eigenvalue weighted by atomic mass is 32.1. The Morgan fingerprint density at radius 1 is 1.12 bits per heavy atom. The first-order valence-electron chi connectivity index (χ1n) is 8.48. The molecule has 0 aliphatic heterocycles. The molecular formula is C21H19NO3S. The Balaban J connectivity index is 1.53. The number of carbonyl (C=O) groups is 2. The lowest BCUT2D eigenvalue weighted by Gasteiger charge is -2.03. The lowest BCUT2D eigenvalue weighted by atomic mass is 10.1. The molecule has 0 bridgehead atoms. The minimum absolute atomic E-state index is 0.213. The summed E-state index contributed by atoms with van der Waals surface area (Å²) in [7, 11) is 0. The number of esters is 1. The molecule has 0 spiro atoms. The van der Waals surface area contributed by atoms with Crippen LogP contribution in [0.15, 0.2) is 54.6 Å². The summed E-state index contributed by atoms with van der Waals surface area (Å²) < 4.78 is 6.09. The highest BCUT2D eigenvalue weighted by Crippen LogP contribution is 2.22. The van der Waals surface area contributed by atoms with Gasteiger partial charge in [0.1, 0.15) is 5.01 Å². The second-order valence-corrected chi connectivity index (χ2v) is 6.89. The number of benzene rings is 2. The van der Waals surface area contributed by atoms with Crippen LogP contribution in [-0.2, 0) is 16.0 Å². The molecule has 0 fully saturated rings. The van der Waals surface area contributed by atoms with E-state index in [0.29, 0.717) is 5.56 Å². The lowest BCUT2D eigenvalue weighted by molar-refractivity contribution is -0.136. The predicted octanol–water partition coefficient (Wildman–Crippen LogP) is 4.69. The minimum Gasteiger partial charge on any atom is -0.454 e. The third kappa shape index (κ3) is 4.64. The summed E-state index contributed by atoms with van der Waals surface area (Å²) in [5.41, 5.74) is 2.64. The summed E-state index contributed by atoms with van der Waals surface area (Å²) in [5.74, 6) is -0.769. The molecule has 0 aliphatic carbocycles. The van der Waals surface area contributed by atoms with Crippen molar-refractivity contribution in [2.75, 3.05) is 6.61 Å². The van der Waals surface area contributed by atoms with Gasteiger partial charge in [0.2, 0.25) is 0 Å². The van der Waals surface area contributed by atoms with Gasteiger partial charge in [0.25, 0.3) is 0 Å². The van der Waals surface area contributed by atoms with E-state index in [4.69, 9.17) is 4.74 Å². The van der Waals surface area contributed by atoms with Crippen molar-refractivity contribution in [3.63, 3.8) is 0 Å². The molecule has 3 aromatic rings. The van der Waals surface area contributed by atoms with Crippen LogP contribution in [0.3, 0.4) is 0 Å². The summed E-state index contributed by atoms with van der Waals surface area (Å²) in [5, 5.41) is 0.723. The van der Waals surface area contributed by atoms with Gasteiger partial charge in [0, 0.05) is 11.6 Å². The lowest BCUT2D eigenvalue weighted by Crippen LogP contribution is -2.12. The molecule has 2 aromatic carbocycles. The third-order valence-corrected chi connectivity index (χ3v) is 4.83. The largest absolute Gasteiger partial charge is 0.454 e. The van der Waals surface area contributed by atoms with Crippen LogP contribution >= 0.6 is 11.3 Å². The number of fused-ring (bicyclic) bond motifs is 1. The monoisotopic (exact) mass is 365 g/mol. The third-order valence-electron chi connectivity index (χ3n) is 3.83. The standard InChI is InChI=1S/C21H19NO3S/c1-2-5-15-8-10-16(11-9-15)18(23)14-25-21(24)13-12-20-22-17-6-3-4-7-19(17)26-20/h3-4,6-13H,2,5,14H2,1H3/b13-12+. The summed E-state index contributed by atoms with van der Waals surface area (Å²) in [4.78, 5) is 28.3. The van der Waals surface area contributed by atoms with Crippen molar-refractivity contribution < 1.29 is 14.3 Å². The smallest absolute Gasteiger partial charge is 0.331 e. The molecule has 1 aromatic heterocycles. The van der Waals surface area contributed by atoms with Crippen LogP contribution in [0.1, 0.15) is 34.3 Å². The molecule has 0 N–H and O–H groups in total. The fraction of sp³-hybridized carbons (Fsp3) is 0.190. The first-order valence-corrected chi connectivity index (χ1v) is 9.30. The van der Waals surface area contributed by atoms with E-state index in [-0.39, 0.29) is 12.4 Å². The molecule has 5 heteroatoms. The second kappa shape index (κ2) is 8.54. The van der Waals surface area contributed by atoms with Crippen LogP contribution in [0, 0.1) is 0 Å². The number of nitrogens with zero attached hydrogens (tertiary/aromatic N) is 1. The fourth-order valence-electron chi connectivity index (χ4n) is 2.51. The molecule has 0 saturated carbocycles. The molecule has 0 amide bonds. The highest BCUT2D eigenvalue weighted by Gasteiger charge is 2.09. The van der Waals surface area contributed by atoms with Crippen LogP contribution in [0.4, 0.5) is 0 Å². The van der Waals surface area contributed by atoms with E-state index < -0.39 is 5.97 Å². The number of aromatic nitrogens is 1. The topological polar surface area (TPSA) is 56.3 Å². The summed E-state index contributed by atoms with van der Waals surface area (Å²) in [6.45, 7) is 1.84. The maximum Gasteiger partial charge on any atom is 0.331 e. The number of rotatable bonds is 7. The number of ketones is 1. The van der Waals surface area contributed by atoms with Crippen molar-refractivity contribution in [1.29, 1.82) is 0 Å². The molecular weight excluding hydrogens is 346 g/mol. The Kier molecular flexibility index (Phi) is 5.92. The Labute approximate surface area is 156 Å². The van der Waals surface area contributed by atoms with Gasteiger partial charge in [-0.15, -0.1) is 11.3 Å². The average Bonchev–Trinajstić information content (AvgIpc) is 3.08. The minimum atomic E-state index is -0.555. The molecule has 0 radical (unpaired) electrons. The van der Waals surface area contributed by atoms with Gasteiger partial charge in [-0.25, -0.2) is 9.78 Å². The predicted molar refractivity (Wildman–Crippen MR) is 104 cm³/mol. The molecule has 0 atom stereocenters. The van der Waals surface area contributed by atoms with Crippen LogP contribution in [0.5, 0.6) is 0 Å². The number of Topliss-reactive ketones (excluding diaryl/α,β-unsaturated/α-hetero) is 1. The van der Waals surface area contributed by atoms with Gasteiger partial charge in [0.05, 0.1) is 10.2 Å². The van der Waals surface area contributed by atoms with E-state index in [0.717, 1.165) is 28.1 Å². The summed E-state index contributed by atoms with van der Waals surface area (Å²) >= 11 is 1.49. The number of carbonyl (C=O) groups excluding carboxylic acids is 2. The van der Waals surface area contributed by atoms with Crippen molar-refractivity contribution in [2.24, 2.45) is 0 Å². The molecule has 26 heavy (non-hydrogen) atoms. The van der Waals surface area contributed by atoms with Crippen LogP contribution < -0.4 is 0 Å². The van der Waals surface area contributed by atoms with E-state index >= 15 is 0 Å². The number of para-hydroxylation sites is 1. The Bertz CT molecular complexity index is 908. The van der Waals surface area contributed by atoms with Crippen LogP contribution in [0.25, 0.3) is 16.3 Å². The zero-order valence-electron chi connectivity index (χ0n) is 14.5. The van der Waals surface area contributed by atoms with Crippen molar-refractivity contribution >= 4 is 39.4 Å². The van der Waals surface area contributed by atoms with Crippen molar-refractivity contribution in [3.8, 4) is 0 Å². The van der Waals surface area contributed by atoms with E-state index in [1.165, 1.54) is 23.0 Å². The van der Waals surface area contributed by atoms with Gasteiger partial charge in [-0.3, -0.25) is 4.79 Å². The molecule has 0 unspecified atom stereocenters. The van der Waals surface area contributed by atoms with Gasteiger partial charge in [-0.05, 0) is 30.2 Å². The molecule has 0 aliphatic rings. The van der Waals surface area contributed by atoms with Gasteiger partial charge >= 0.3 is 5.97 Å². The highest BCUT2D eigenvalue weighted by molar-refractivity contribution is 7.19. The first-order chi connectivity index (χ1) is 12.7. The summed E-state index contributed by atoms with van der Waals surface area (Å²) in [6, 6.07) is 15.2. The molecule has 3 rings (SSSR count). The van der Waals surface area contributed by atoms with Gasteiger partial charge in [-0.1, -0.05) is 49.7 Å². The molecule has 4 nitrogen and oxygen atoms in total. The first kappa shape index (κ1) is 18.0. The Hall–Kier alpha value is -2.79. The maximum absolute atomic E-state index is 12.1.